The van der Waals surface area contributed by atoms with E-state index in [0.717, 1.165) is 11.3 Å². The average molecular weight is 345 g/mol. The quantitative estimate of drug-likeness (QED) is 0.546. The molecule has 0 bridgehead atoms. The van der Waals surface area contributed by atoms with Crippen LogP contribution in [-0.2, 0) is 4.74 Å². The second-order valence-electron chi connectivity index (χ2n) is 5.43. The zero-order valence-corrected chi connectivity index (χ0v) is 14.4. The number of aromatic nitrogens is 2. The van der Waals surface area contributed by atoms with Crippen LogP contribution >= 0.6 is 0 Å². The van der Waals surface area contributed by atoms with E-state index in [1.807, 2.05) is 38.1 Å². The van der Waals surface area contributed by atoms with Crippen molar-refractivity contribution in [2.24, 2.45) is 0 Å². The number of ether oxygens (including phenoxy) is 1. The SMILES string of the molecule is Cc1ccc(NC(=O)Nc2nc(C)cc(NCCOCCO)n2)cc1. The number of hydrogen-bond acceptors (Lipinski definition) is 6. The summed E-state index contributed by atoms with van der Waals surface area (Å²) in [6, 6.07) is 8.84. The molecule has 0 fully saturated rings. The number of amides is 2. The summed E-state index contributed by atoms with van der Waals surface area (Å²) in [5, 5.41) is 17.1. The van der Waals surface area contributed by atoms with Gasteiger partial charge in [0, 0.05) is 24.0 Å². The summed E-state index contributed by atoms with van der Waals surface area (Å²) in [6.07, 6.45) is 0. The normalized spacial score (nSPS) is 10.4. The van der Waals surface area contributed by atoms with Gasteiger partial charge in [0.15, 0.2) is 0 Å². The van der Waals surface area contributed by atoms with Gasteiger partial charge in [-0.2, -0.15) is 4.98 Å². The van der Waals surface area contributed by atoms with Crippen LogP contribution in [0.15, 0.2) is 30.3 Å². The number of rotatable bonds is 8. The van der Waals surface area contributed by atoms with Gasteiger partial charge in [-0.25, -0.2) is 9.78 Å². The largest absolute Gasteiger partial charge is 0.394 e. The zero-order chi connectivity index (χ0) is 18.1. The molecule has 134 valence electrons. The monoisotopic (exact) mass is 345 g/mol. The molecule has 0 unspecified atom stereocenters. The number of benzene rings is 1. The Kier molecular flexibility index (Phi) is 7.12. The van der Waals surface area contributed by atoms with E-state index in [4.69, 9.17) is 9.84 Å². The Hall–Kier alpha value is -2.71. The molecule has 0 aliphatic rings. The van der Waals surface area contributed by atoms with E-state index in [1.165, 1.54) is 0 Å². The average Bonchev–Trinajstić information content (AvgIpc) is 2.56. The van der Waals surface area contributed by atoms with Crippen molar-refractivity contribution in [3.63, 3.8) is 0 Å². The molecule has 8 heteroatoms. The molecule has 2 rings (SSSR count). The van der Waals surface area contributed by atoms with Gasteiger partial charge in [-0.05, 0) is 26.0 Å². The Morgan fingerprint density at radius 2 is 1.88 bits per heavy atom. The Bertz CT molecular complexity index is 691. The number of aliphatic hydroxyl groups is 1. The van der Waals surface area contributed by atoms with Crippen molar-refractivity contribution in [1.82, 2.24) is 9.97 Å². The van der Waals surface area contributed by atoms with Crippen molar-refractivity contribution in [2.45, 2.75) is 13.8 Å². The molecule has 8 nitrogen and oxygen atoms in total. The highest BCUT2D eigenvalue weighted by atomic mass is 16.5. The predicted molar refractivity (Wildman–Crippen MR) is 97.0 cm³/mol. The molecular formula is C17H23N5O3. The van der Waals surface area contributed by atoms with Gasteiger partial charge < -0.3 is 20.5 Å². The minimum atomic E-state index is -0.410. The number of anilines is 3. The van der Waals surface area contributed by atoms with Gasteiger partial charge in [0.2, 0.25) is 5.95 Å². The van der Waals surface area contributed by atoms with Crippen LogP contribution in [0.3, 0.4) is 0 Å². The summed E-state index contributed by atoms with van der Waals surface area (Å²) in [7, 11) is 0. The fourth-order valence-electron chi connectivity index (χ4n) is 2.03. The molecule has 2 aromatic rings. The first-order chi connectivity index (χ1) is 12.1. The Morgan fingerprint density at radius 1 is 1.12 bits per heavy atom. The number of nitrogens with zero attached hydrogens (tertiary/aromatic N) is 2. The van der Waals surface area contributed by atoms with Gasteiger partial charge in [0.25, 0.3) is 0 Å². The summed E-state index contributed by atoms with van der Waals surface area (Å²) in [4.78, 5) is 20.5. The molecule has 0 aliphatic heterocycles. The van der Waals surface area contributed by atoms with Crippen LogP contribution in [0.4, 0.5) is 22.2 Å². The minimum absolute atomic E-state index is 0.00320. The van der Waals surface area contributed by atoms with Crippen molar-refractivity contribution in [2.75, 3.05) is 42.3 Å². The smallest absolute Gasteiger partial charge is 0.326 e. The van der Waals surface area contributed by atoms with Gasteiger partial charge in [-0.15, -0.1) is 0 Å². The molecule has 2 amide bonds. The maximum atomic E-state index is 12.1. The molecule has 0 saturated heterocycles. The number of carbonyl (C=O) groups excluding carboxylic acids is 1. The third-order valence-corrected chi connectivity index (χ3v) is 3.18. The summed E-state index contributed by atoms with van der Waals surface area (Å²) < 4.78 is 5.17. The Balaban J connectivity index is 1.90. The van der Waals surface area contributed by atoms with Crippen LogP contribution in [0.25, 0.3) is 0 Å². The van der Waals surface area contributed by atoms with E-state index in [9.17, 15) is 4.79 Å². The molecule has 0 atom stereocenters. The second-order valence-corrected chi connectivity index (χ2v) is 5.43. The summed E-state index contributed by atoms with van der Waals surface area (Å²) in [5.41, 5.74) is 2.53. The van der Waals surface area contributed by atoms with Crippen LogP contribution in [-0.4, -0.2) is 47.5 Å². The van der Waals surface area contributed by atoms with E-state index in [1.54, 1.807) is 6.07 Å². The van der Waals surface area contributed by atoms with Crippen molar-refractivity contribution >= 4 is 23.5 Å². The van der Waals surface area contributed by atoms with Crippen molar-refractivity contribution in [1.29, 1.82) is 0 Å². The molecule has 0 aliphatic carbocycles. The highest BCUT2D eigenvalue weighted by molar-refractivity contribution is 5.98. The third kappa shape index (κ3) is 6.74. The third-order valence-electron chi connectivity index (χ3n) is 3.18. The highest BCUT2D eigenvalue weighted by Gasteiger charge is 2.07. The first kappa shape index (κ1) is 18.6. The predicted octanol–water partition coefficient (Wildman–Crippen LogP) is 2.16. The lowest BCUT2D eigenvalue weighted by Crippen LogP contribution is -2.21. The Labute approximate surface area is 146 Å². The van der Waals surface area contributed by atoms with Gasteiger partial charge in [0.05, 0.1) is 19.8 Å². The zero-order valence-electron chi connectivity index (χ0n) is 14.4. The van der Waals surface area contributed by atoms with Crippen molar-refractivity contribution in [3.05, 3.63) is 41.6 Å². The standard InChI is InChI=1S/C17H23N5O3/c1-12-3-5-14(6-4-12)20-17(24)22-16-19-13(2)11-15(21-16)18-7-9-25-10-8-23/h3-6,11,23H,7-10H2,1-2H3,(H3,18,19,20,21,22,24). The molecule has 25 heavy (non-hydrogen) atoms. The Morgan fingerprint density at radius 3 is 2.60 bits per heavy atom. The number of hydrogen-bond donors (Lipinski definition) is 4. The summed E-state index contributed by atoms with van der Waals surface area (Å²) in [5.74, 6) is 0.800. The van der Waals surface area contributed by atoms with E-state index in [2.05, 4.69) is 25.9 Å². The molecule has 4 N–H and O–H groups in total. The van der Waals surface area contributed by atoms with Crippen LogP contribution in [0.1, 0.15) is 11.3 Å². The van der Waals surface area contributed by atoms with Crippen LogP contribution in [0, 0.1) is 13.8 Å². The van der Waals surface area contributed by atoms with Gasteiger partial charge in [-0.1, -0.05) is 17.7 Å². The van der Waals surface area contributed by atoms with Gasteiger partial charge in [0.1, 0.15) is 5.82 Å². The molecule has 0 radical (unpaired) electrons. The van der Waals surface area contributed by atoms with E-state index in [-0.39, 0.29) is 12.6 Å². The van der Waals surface area contributed by atoms with Crippen LogP contribution in [0.2, 0.25) is 0 Å². The summed E-state index contributed by atoms with van der Waals surface area (Å²) >= 11 is 0. The number of urea groups is 1. The lowest BCUT2D eigenvalue weighted by atomic mass is 10.2. The van der Waals surface area contributed by atoms with Crippen molar-refractivity contribution in [3.8, 4) is 0 Å². The van der Waals surface area contributed by atoms with Crippen LogP contribution < -0.4 is 16.0 Å². The highest BCUT2D eigenvalue weighted by Crippen LogP contribution is 2.11. The fraction of sp³-hybridized carbons (Fsp3) is 0.353. The molecule has 0 saturated carbocycles. The first-order valence-electron chi connectivity index (χ1n) is 7.99. The van der Waals surface area contributed by atoms with Gasteiger partial charge in [-0.3, -0.25) is 5.32 Å². The maximum Gasteiger partial charge on any atom is 0.326 e. The summed E-state index contributed by atoms with van der Waals surface area (Å²) in [6.45, 7) is 5.07. The number of aliphatic hydroxyl groups excluding tert-OH is 1. The number of aryl methyl sites for hydroxylation is 2. The van der Waals surface area contributed by atoms with Gasteiger partial charge >= 0.3 is 6.03 Å². The van der Waals surface area contributed by atoms with E-state index in [0.29, 0.717) is 31.3 Å². The molecule has 0 spiro atoms. The maximum absolute atomic E-state index is 12.1. The number of nitrogens with one attached hydrogen (secondary N) is 3. The molecule has 1 aromatic heterocycles. The number of carbonyl (C=O) groups is 1. The second kappa shape index (κ2) is 9.55. The topological polar surface area (TPSA) is 108 Å². The first-order valence-corrected chi connectivity index (χ1v) is 7.99. The molecular weight excluding hydrogens is 322 g/mol. The van der Waals surface area contributed by atoms with E-state index >= 15 is 0 Å². The van der Waals surface area contributed by atoms with E-state index < -0.39 is 6.03 Å². The lowest BCUT2D eigenvalue weighted by molar-refractivity contribution is 0.0992. The fourth-order valence-corrected chi connectivity index (χ4v) is 2.03. The molecule has 1 aromatic carbocycles. The molecule has 1 heterocycles. The van der Waals surface area contributed by atoms with Crippen molar-refractivity contribution < 1.29 is 14.6 Å². The van der Waals surface area contributed by atoms with Crippen LogP contribution in [0.5, 0.6) is 0 Å². The minimum Gasteiger partial charge on any atom is -0.394 e. The lowest BCUT2D eigenvalue weighted by Gasteiger charge is -2.10.